The molecular formula is C15H12FNO4. The number of ether oxygens (including phenoxy) is 1. The average Bonchev–Trinajstić information content (AvgIpc) is 2.42. The van der Waals surface area contributed by atoms with Crippen LogP contribution in [0.25, 0.3) is 0 Å². The maximum atomic E-state index is 13.2. The van der Waals surface area contributed by atoms with Gasteiger partial charge in [0.1, 0.15) is 17.3 Å². The summed E-state index contributed by atoms with van der Waals surface area (Å²) in [5.41, 5.74) is 0.627. The second-order valence-corrected chi connectivity index (χ2v) is 4.51. The second-order valence-electron chi connectivity index (χ2n) is 4.51. The molecule has 2 aromatic rings. The minimum Gasteiger partial charge on any atom is -0.456 e. The summed E-state index contributed by atoms with van der Waals surface area (Å²) in [5, 5.41) is 10.8. The Morgan fingerprint density at radius 1 is 1.19 bits per heavy atom. The van der Waals surface area contributed by atoms with Crippen molar-refractivity contribution in [1.29, 1.82) is 0 Å². The van der Waals surface area contributed by atoms with Crippen LogP contribution >= 0.6 is 0 Å². The highest BCUT2D eigenvalue weighted by atomic mass is 19.1. The molecule has 0 aliphatic rings. The number of nitro groups is 1. The lowest BCUT2D eigenvalue weighted by molar-refractivity contribution is -0.384. The van der Waals surface area contributed by atoms with Crippen molar-refractivity contribution in [3.8, 4) is 11.5 Å². The Bertz CT molecular complexity index is 728. The van der Waals surface area contributed by atoms with Crippen LogP contribution in [0.4, 0.5) is 10.1 Å². The monoisotopic (exact) mass is 289 g/mol. The van der Waals surface area contributed by atoms with Gasteiger partial charge < -0.3 is 4.74 Å². The molecule has 108 valence electrons. The third-order valence-electron chi connectivity index (χ3n) is 2.92. The molecule has 0 amide bonds. The van der Waals surface area contributed by atoms with Crippen LogP contribution in [0, 0.1) is 22.9 Å². The fourth-order valence-electron chi connectivity index (χ4n) is 1.80. The van der Waals surface area contributed by atoms with E-state index in [1.165, 1.54) is 25.1 Å². The first-order valence-corrected chi connectivity index (χ1v) is 6.12. The Labute approximate surface area is 120 Å². The number of halogens is 1. The van der Waals surface area contributed by atoms with Crippen LogP contribution in [0.2, 0.25) is 0 Å². The summed E-state index contributed by atoms with van der Waals surface area (Å²) in [6.45, 7) is 3.01. The zero-order chi connectivity index (χ0) is 15.6. The number of carbonyl (C=O) groups is 1. The molecular weight excluding hydrogens is 277 g/mol. The van der Waals surface area contributed by atoms with E-state index in [4.69, 9.17) is 4.74 Å². The van der Waals surface area contributed by atoms with Gasteiger partial charge in [-0.3, -0.25) is 14.9 Å². The smallest absolute Gasteiger partial charge is 0.273 e. The van der Waals surface area contributed by atoms with Gasteiger partial charge >= 0.3 is 0 Å². The number of carbonyl (C=O) groups excluding carboxylic acids is 1. The fourth-order valence-corrected chi connectivity index (χ4v) is 1.80. The molecule has 0 fully saturated rings. The Morgan fingerprint density at radius 2 is 1.90 bits per heavy atom. The summed E-state index contributed by atoms with van der Waals surface area (Å²) in [7, 11) is 0. The summed E-state index contributed by atoms with van der Waals surface area (Å²) in [4.78, 5) is 21.8. The highest BCUT2D eigenvalue weighted by Gasteiger charge is 2.14. The van der Waals surface area contributed by atoms with Crippen molar-refractivity contribution in [2.75, 3.05) is 0 Å². The Balaban J connectivity index is 2.45. The number of Topliss-reactive ketones (excluding diaryl/α,β-unsaturated/α-hetero) is 1. The first-order chi connectivity index (χ1) is 9.88. The molecule has 2 rings (SSSR count). The summed E-state index contributed by atoms with van der Waals surface area (Å²) in [6, 6.07) is 7.73. The molecule has 0 bridgehead atoms. The zero-order valence-corrected chi connectivity index (χ0v) is 11.4. The molecule has 0 atom stereocenters. The maximum Gasteiger partial charge on any atom is 0.273 e. The van der Waals surface area contributed by atoms with Gasteiger partial charge in [-0.25, -0.2) is 4.39 Å². The van der Waals surface area contributed by atoms with Crippen molar-refractivity contribution in [2.45, 2.75) is 13.8 Å². The molecule has 5 nitrogen and oxygen atoms in total. The summed E-state index contributed by atoms with van der Waals surface area (Å²) >= 11 is 0. The van der Waals surface area contributed by atoms with E-state index >= 15 is 0 Å². The average molecular weight is 289 g/mol. The van der Waals surface area contributed by atoms with Crippen LogP contribution in [-0.4, -0.2) is 10.7 Å². The minimum atomic E-state index is -0.552. The lowest BCUT2D eigenvalue weighted by atomic mass is 10.1. The van der Waals surface area contributed by atoms with E-state index in [-0.39, 0.29) is 28.5 Å². The molecule has 0 saturated heterocycles. The van der Waals surface area contributed by atoms with Gasteiger partial charge in [0, 0.05) is 6.07 Å². The third kappa shape index (κ3) is 3.22. The highest BCUT2D eigenvalue weighted by molar-refractivity contribution is 5.96. The van der Waals surface area contributed by atoms with Gasteiger partial charge in [-0.2, -0.15) is 0 Å². The number of ketones is 1. The van der Waals surface area contributed by atoms with Crippen LogP contribution in [-0.2, 0) is 0 Å². The Hall–Kier alpha value is -2.76. The van der Waals surface area contributed by atoms with Crippen molar-refractivity contribution in [3.05, 3.63) is 63.5 Å². The molecule has 2 aromatic carbocycles. The lowest BCUT2D eigenvalue weighted by Gasteiger charge is -2.11. The molecule has 0 aliphatic carbocycles. The molecule has 0 unspecified atom stereocenters. The molecule has 0 aromatic heterocycles. The molecule has 0 N–H and O–H groups in total. The summed E-state index contributed by atoms with van der Waals surface area (Å²) < 4.78 is 18.8. The number of hydrogen-bond acceptors (Lipinski definition) is 4. The quantitative estimate of drug-likeness (QED) is 0.484. The third-order valence-corrected chi connectivity index (χ3v) is 2.92. The predicted molar refractivity (Wildman–Crippen MR) is 74.3 cm³/mol. The lowest BCUT2D eigenvalue weighted by Crippen LogP contribution is -1.99. The number of aryl methyl sites for hydroxylation is 1. The van der Waals surface area contributed by atoms with E-state index in [1.54, 1.807) is 13.0 Å². The number of nitrogens with zero attached hydrogens (tertiary/aromatic N) is 1. The van der Waals surface area contributed by atoms with Crippen LogP contribution < -0.4 is 4.74 Å². The minimum absolute atomic E-state index is 0.0842. The predicted octanol–water partition coefficient (Wildman–Crippen LogP) is 4.04. The largest absolute Gasteiger partial charge is 0.456 e. The van der Waals surface area contributed by atoms with E-state index in [1.807, 2.05) is 0 Å². The fraction of sp³-hybridized carbons (Fsp3) is 0.133. The van der Waals surface area contributed by atoms with Crippen LogP contribution in [0.1, 0.15) is 22.8 Å². The van der Waals surface area contributed by atoms with Crippen LogP contribution in [0.15, 0.2) is 36.4 Å². The van der Waals surface area contributed by atoms with Gasteiger partial charge in [-0.05, 0) is 43.7 Å². The van der Waals surface area contributed by atoms with E-state index in [2.05, 4.69) is 0 Å². The van der Waals surface area contributed by atoms with Gasteiger partial charge in [-0.15, -0.1) is 0 Å². The Morgan fingerprint density at radius 3 is 2.52 bits per heavy atom. The van der Waals surface area contributed by atoms with Crippen molar-refractivity contribution in [3.63, 3.8) is 0 Å². The number of nitro benzene ring substituents is 1. The molecule has 0 saturated carbocycles. The van der Waals surface area contributed by atoms with E-state index in [0.29, 0.717) is 5.56 Å². The number of hydrogen-bond donors (Lipinski definition) is 0. The van der Waals surface area contributed by atoms with E-state index in [9.17, 15) is 19.3 Å². The summed E-state index contributed by atoms with van der Waals surface area (Å²) in [5.74, 6) is -0.498. The first kappa shape index (κ1) is 14.6. The maximum absolute atomic E-state index is 13.2. The number of benzene rings is 2. The standard InChI is InChI=1S/C15H12FNO4/c1-9-3-5-12(17(19)20)8-15(9)21-14-6-4-11(16)7-13(14)10(2)18/h3-8H,1-2H3. The number of rotatable bonds is 4. The van der Waals surface area contributed by atoms with Crippen LogP contribution in [0.5, 0.6) is 11.5 Å². The van der Waals surface area contributed by atoms with Crippen molar-refractivity contribution in [1.82, 2.24) is 0 Å². The molecule has 0 radical (unpaired) electrons. The van der Waals surface area contributed by atoms with Gasteiger partial charge in [0.05, 0.1) is 16.6 Å². The Kier molecular flexibility index (Phi) is 3.98. The first-order valence-electron chi connectivity index (χ1n) is 6.12. The van der Waals surface area contributed by atoms with Gasteiger partial charge in [-0.1, -0.05) is 0 Å². The molecule has 21 heavy (non-hydrogen) atoms. The van der Waals surface area contributed by atoms with Gasteiger partial charge in [0.25, 0.3) is 5.69 Å². The van der Waals surface area contributed by atoms with E-state index in [0.717, 1.165) is 12.1 Å². The zero-order valence-electron chi connectivity index (χ0n) is 11.4. The highest BCUT2D eigenvalue weighted by Crippen LogP contribution is 2.31. The summed E-state index contributed by atoms with van der Waals surface area (Å²) in [6.07, 6.45) is 0. The number of non-ortho nitro benzene ring substituents is 1. The van der Waals surface area contributed by atoms with Crippen molar-refractivity contribution in [2.24, 2.45) is 0 Å². The van der Waals surface area contributed by atoms with Crippen molar-refractivity contribution >= 4 is 11.5 Å². The SMILES string of the molecule is CC(=O)c1cc(F)ccc1Oc1cc([N+](=O)[O-])ccc1C. The van der Waals surface area contributed by atoms with Crippen molar-refractivity contribution < 1.29 is 18.8 Å². The molecule has 0 spiro atoms. The van der Waals surface area contributed by atoms with Gasteiger partial charge in [0.15, 0.2) is 5.78 Å². The van der Waals surface area contributed by atoms with Gasteiger partial charge in [0.2, 0.25) is 0 Å². The second kappa shape index (κ2) is 5.70. The normalized spacial score (nSPS) is 10.2. The molecule has 0 aliphatic heterocycles. The van der Waals surface area contributed by atoms with E-state index < -0.39 is 10.7 Å². The molecule has 6 heteroatoms. The van der Waals surface area contributed by atoms with Crippen LogP contribution in [0.3, 0.4) is 0 Å². The molecule has 0 heterocycles. The topological polar surface area (TPSA) is 69.4 Å².